The molecule has 154 valence electrons. The number of nitrogens with one attached hydrogen (secondary N) is 1. The Balaban J connectivity index is 1.26. The van der Waals surface area contributed by atoms with Crippen molar-refractivity contribution in [1.29, 1.82) is 0 Å². The summed E-state index contributed by atoms with van der Waals surface area (Å²) >= 11 is 0. The summed E-state index contributed by atoms with van der Waals surface area (Å²) in [6.45, 7) is 4.59. The van der Waals surface area contributed by atoms with Crippen molar-refractivity contribution in [2.75, 3.05) is 13.1 Å². The number of carbonyl (C=O) groups excluding carboxylic acids is 2. The number of aromatic nitrogens is 3. The first-order chi connectivity index (χ1) is 14.1. The minimum atomic E-state index is -0.275. The summed E-state index contributed by atoms with van der Waals surface area (Å²) in [6, 6.07) is 8.17. The Morgan fingerprint density at radius 1 is 1.17 bits per heavy atom. The second kappa shape index (κ2) is 8.76. The summed E-state index contributed by atoms with van der Waals surface area (Å²) in [6.07, 6.45) is 5.51. The quantitative estimate of drug-likeness (QED) is 0.812. The molecule has 2 aliphatic heterocycles. The van der Waals surface area contributed by atoms with Gasteiger partial charge < -0.3 is 14.8 Å². The summed E-state index contributed by atoms with van der Waals surface area (Å²) in [5.41, 5.74) is 2.29. The van der Waals surface area contributed by atoms with Crippen LogP contribution in [0.5, 0.6) is 0 Å². The molecule has 7 nitrogen and oxygen atoms in total. The maximum atomic E-state index is 12.6. The van der Waals surface area contributed by atoms with Crippen LogP contribution in [0.1, 0.15) is 48.5 Å². The Hall–Kier alpha value is -2.70. The molecule has 1 aromatic heterocycles. The molecule has 2 aliphatic rings. The lowest BCUT2D eigenvalue weighted by Crippen LogP contribution is -2.34. The Bertz CT molecular complexity index is 874. The number of benzene rings is 1. The Morgan fingerprint density at radius 2 is 2.00 bits per heavy atom. The maximum Gasteiger partial charge on any atom is 0.225 e. The van der Waals surface area contributed by atoms with E-state index in [1.165, 1.54) is 18.4 Å². The van der Waals surface area contributed by atoms with Crippen LogP contribution >= 0.6 is 0 Å². The van der Waals surface area contributed by atoms with E-state index in [0.717, 1.165) is 36.6 Å². The van der Waals surface area contributed by atoms with Gasteiger partial charge in [0.25, 0.3) is 0 Å². The Morgan fingerprint density at radius 3 is 2.83 bits per heavy atom. The molecule has 3 heterocycles. The molecule has 0 radical (unpaired) electrons. The molecule has 1 aromatic carbocycles. The van der Waals surface area contributed by atoms with E-state index in [2.05, 4.69) is 20.1 Å². The third kappa shape index (κ3) is 4.66. The van der Waals surface area contributed by atoms with Gasteiger partial charge >= 0.3 is 0 Å². The highest BCUT2D eigenvalue weighted by molar-refractivity contribution is 5.89. The number of hydrogen-bond acceptors (Lipinski definition) is 4. The molecule has 0 spiro atoms. The largest absolute Gasteiger partial charge is 0.355 e. The van der Waals surface area contributed by atoms with E-state index < -0.39 is 0 Å². The monoisotopic (exact) mass is 395 g/mol. The van der Waals surface area contributed by atoms with Crippen LogP contribution in [-0.2, 0) is 35.5 Å². The third-order valence-electron chi connectivity index (χ3n) is 5.91. The molecule has 4 rings (SSSR count). The molecule has 1 atom stereocenters. The van der Waals surface area contributed by atoms with Gasteiger partial charge in [0.1, 0.15) is 11.6 Å². The molecule has 7 heteroatoms. The van der Waals surface area contributed by atoms with Crippen LogP contribution in [0.15, 0.2) is 24.3 Å². The predicted molar refractivity (Wildman–Crippen MR) is 109 cm³/mol. The van der Waals surface area contributed by atoms with E-state index in [1.807, 2.05) is 31.2 Å². The van der Waals surface area contributed by atoms with Gasteiger partial charge in [-0.3, -0.25) is 9.59 Å². The van der Waals surface area contributed by atoms with Crippen LogP contribution in [0.4, 0.5) is 0 Å². The predicted octanol–water partition coefficient (Wildman–Crippen LogP) is 2.02. The lowest BCUT2D eigenvalue weighted by molar-refractivity contribution is -0.129. The highest BCUT2D eigenvalue weighted by Gasteiger charge is 2.34. The van der Waals surface area contributed by atoms with Crippen molar-refractivity contribution in [3.63, 3.8) is 0 Å². The van der Waals surface area contributed by atoms with Gasteiger partial charge in [-0.2, -0.15) is 0 Å². The van der Waals surface area contributed by atoms with Gasteiger partial charge in [-0.05, 0) is 25.3 Å². The summed E-state index contributed by atoms with van der Waals surface area (Å²) in [4.78, 5) is 26.7. The van der Waals surface area contributed by atoms with Gasteiger partial charge in [-0.15, -0.1) is 10.2 Å². The molecule has 29 heavy (non-hydrogen) atoms. The number of aryl methyl sites for hydroxylation is 2. The molecule has 2 amide bonds. The molecule has 0 aliphatic carbocycles. The second-order valence-corrected chi connectivity index (χ2v) is 8.20. The standard InChI is InChI=1S/C22H29N5O2/c1-16-6-8-17(9-7-16)14-26-15-18(13-21(26)28)22(29)23-11-10-20-25-24-19-5-3-2-4-12-27(19)20/h6-9,18H,2-5,10-15H2,1H3,(H,23,29). The molecule has 1 N–H and O–H groups in total. The number of amides is 2. The first kappa shape index (κ1) is 19.6. The minimum absolute atomic E-state index is 0.0413. The fourth-order valence-electron chi connectivity index (χ4n) is 4.19. The molecular weight excluding hydrogens is 366 g/mol. The van der Waals surface area contributed by atoms with Crippen molar-refractivity contribution in [2.24, 2.45) is 5.92 Å². The van der Waals surface area contributed by atoms with Crippen molar-refractivity contribution < 1.29 is 9.59 Å². The number of rotatable bonds is 6. The molecule has 0 saturated carbocycles. The van der Waals surface area contributed by atoms with Gasteiger partial charge in [-0.1, -0.05) is 36.2 Å². The summed E-state index contributed by atoms with van der Waals surface area (Å²) in [5, 5.41) is 11.6. The summed E-state index contributed by atoms with van der Waals surface area (Å²) in [5.74, 6) is 1.75. The molecule has 1 fully saturated rings. The molecular formula is C22H29N5O2. The van der Waals surface area contributed by atoms with E-state index in [1.54, 1.807) is 4.90 Å². The van der Waals surface area contributed by atoms with Crippen molar-refractivity contribution in [2.45, 2.75) is 58.5 Å². The first-order valence-electron chi connectivity index (χ1n) is 10.6. The average molecular weight is 396 g/mol. The normalized spacial score (nSPS) is 19.1. The zero-order valence-corrected chi connectivity index (χ0v) is 17.1. The fourth-order valence-corrected chi connectivity index (χ4v) is 4.19. The van der Waals surface area contributed by atoms with E-state index in [9.17, 15) is 9.59 Å². The highest BCUT2D eigenvalue weighted by Crippen LogP contribution is 2.21. The van der Waals surface area contributed by atoms with Crippen molar-refractivity contribution in [1.82, 2.24) is 25.0 Å². The summed E-state index contributed by atoms with van der Waals surface area (Å²) < 4.78 is 2.21. The van der Waals surface area contributed by atoms with Crippen LogP contribution in [0.3, 0.4) is 0 Å². The zero-order chi connectivity index (χ0) is 20.2. The fraction of sp³-hybridized carbons (Fsp3) is 0.545. The number of nitrogens with zero attached hydrogens (tertiary/aromatic N) is 4. The summed E-state index contributed by atoms with van der Waals surface area (Å²) in [7, 11) is 0. The number of carbonyl (C=O) groups is 2. The zero-order valence-electron chi connectivity index (χ0n) is 17.1. The smallest absolute Gasteiger partial charge is 0.225 e. The topological polar surface area (TPSA) is 80.1 Å². The first-order valence-corrected chi connectivity index (χ1v) is 10.6. The van der Waals surface area contributed by atoms with E-state index >= 15 is 0 Å². The Kier molecular flexibility index (Phi) is 5.92. The third-order valence-corrected chi connectivity index (χ3v) is 5.91. The van der Waals surface area contributed by atoms with Gasteiger partial charge in [-0.25, -0.2) is 0 Å². The lowest BCUT2D eigenvalue weighted by atomic mass is 10.1. The number of hydrogen-bond donors (Lipinski definition) is 1. The van der Waals surface area contributed by atoms with Crippen LogP contribution in [0, 0.1) is 12.8 Å². The van der Waals surface area contributed by atoms with Gasteiger partial charge in [0.15, 0.2) is 0 Å². The average Bonchev–Trinajstić information content (AvgIpc) is 3.18. The minimum Gasteiger partial charge on any atom is -0.355 e. The highest BCUT2D eigenvalue weighted by atomic mass is 16.2. The maximum absolute atomic E-state index is 12.6. The SMILES string of the molecule is Cc1ccc(CN2CC(C(=O)NCCc3nnc4n3CCCCC4)CC2=O)cc1. The van der Waals surface area contributed by atoms with E-state index in [0.29, 0.717) is 26.1 Å². The van der Waals surface area contributed by atoms with Gasteiger partial charge in [0.05, 0.1) is 5.92 Å². The number of fused-ring (bicyclic) bond motifs is 1. The molecule has 2 aromatic rings. The molecule has 0 bridgehead atoms. The lowest BCUT2D eigenvalue weighted by Gasteiger charge is -2.17. The van der Waals surface area contributed by atoms with Crippen LogP contribution in [0.2, 0.25) is 0 Å². The van der Waals surface area contributed by atoms with Crippen LogP contribution in [-0.4, -0.2) is 44.6 Å². The van der Waals surface area contributed by atoms with Gasteiger partial charge in [0, 0.05) is 45.4 Å². The molecule has 1 saturated heterocycles. The number of likely N-dealkylation sites (tertiary alicyclic amines) is 1. The van der Waals surface area contributed by atoms with E-state index in [4.69, 9.17) is 0 Å². The van der Waals surface area contributed by atoms with Crippen molar-refractivity contribution in [3.8, 4) is 0 Å². The van der Waals surface area contributed by atoms with Gasteiger partial charge in [0.2, 0.25) is 11.8 Å². The molecule has 1 unspecified atom stereocenters. The van der Waals surface area contributed by atoms with Crippen LogP contribution < -0.4 is 5.32 Å². The second-order valence-electron chi connectivity index (χ2n) is 8.20. The Labute approximate surface area is 171 Å². The van der Waals surface area contributed by atoms with Crippen LogP contribution in [0.25, 0.3) is 0 Å². The van der Waals surface area contributed by atoms with Crippen molar-refractivity contribution in [3.05, 3.63) is 47.0 Å². The van der Waals surface area contributed by atoms with Crippen molar-refractivity contribution >= 4 is 11.8 Å². The van der Waals surface area contributed by atoms with E-state index in [-0.39, 0.29) is 24.2 Å².